The topological polar surface area (TPSA) is 25.8 Å². The molecular formula is C15H13BrCl2N2S. The Morgan fingerprint density at radius 1 is 1.05 bits per heavy atom. The van der Waals surface area contributed by atoms with Crippen LogP contribution in [-0.4, -0.2) is 15.7 Å². The fourth-order valence-electron chi connectivity index (χ4n) is 2.37. The number of aromatic nitrogens is 2. The van der Waals surface area contributed by atoms with Crippen LogP contribution in [0.5, 0.6) is 0 Å². The van der Waals surface area contributed by atoms with Crippen LogP contribution in [0, 0.1) is 0 Å². The Labute approximate surface area is 146 Å². The summed E-state index contributed by atoms with van der Waals surface area (Å²) < 4.78 is 1.01. The molecule has 21 heavy (non-hydrogen) atoms. The minimum Gasteiger partial charge on any atom is -0.219 e. The van der Waals surface area contributed by atoms with E-state index in [9.17, 15) is 0 Å². The minimum atomic E-state index is 0.313. The fourth-order valence-corrected chi connectivity index (χ4v) is 4.49. The minimum absolute atomic E-state index is 0.313. The van der Waals surface area contributed by atoms with E-state index in [1.165, 1.54) is 12.8 Å². The highest BCUT2D eigenvalue weighted by Gasteiger charge is 2.22. The molecule has 1 aliphatic rings. The summed E-state index contributed by atoms with van der Waals surface area (Å²) in [5, 5.41) is 1.17. The lowest BCUT2D eigenvalue weighted by Crippen LogP contribution is -2.07. The third-order valence-electron chi connectivity index (χ3n) is 3.44. The molecule has 0 amide bonds. The van der Waals surface area contributed by atoms with E-state index in [4.69, 9.17) is 23.2 Å². The maximum Gasteiger partial charge on any atom is 0.144 e. The van der Waals surface area contributed by atoms with Crippen LogP contribution >= 0.6 is 50.9 Å². The highest BCUT2D eigenvalue weighted by molar-refractivity contribution is 9.10. The normalized spacial score (nSPS) is 18.7. The first kappa shape index (κ1) is 15.6. The van der Waals surface area contributed by atoms with Gasteiger partial charge in [0.1, 0.15) is 16.1 Å². The smallest absolute Gasteiger partial charge is 0.144 e. The van der Waals surface area contributed by atoms with Crippen LogP contribution in [0.4, 0.5) is 0 Å². The molecule has 0 aliphatic carbocycles. The van der Waals surface area contributed by atoms with Crippen LogP contribution in [0.1, 0.15) is 30.3 Å². The zero-order chi connectivity index (χ0) is 14.8. The van der Waals surface area contributed by atoms with Crippen molar-refractivity contribution in [3.8, 4) is 11.1 Å². The maximum absolute atomic E-state index is 6.37. The molecule has 2 nitrogen and oxygen atoms in total. The Balaban J connectivity index is 1.97. The average molecular weight is 404 g/mol. The summed E-state index contributed by atoms with van der Waals surface area (Å²) in [5.41, 5.74) is 1.63. The lowest BCUT2D eigenvalue weighted by molar-refractivity contribution is 0.662. The second-order valence-corrected chi connectivity index (χ2v) is 7.84. The van der Waals surface area contributed by atoms with Crippen LogP contribution in [0.3, 0.4) is 0 Å². The van der Waals surface area contributed by atoms with Gasteiger partial charge in [-0.05, 0) is 36.3 Å². The third-order valence-corrected chi connectivity index (χ3v) is 5.89. The average Bonchev–Trinajstić information content (AvgIpc) is 2.49. The zero-order valence-electron chi connectivity index (χ0n) is 11.2. The number of hydrogen-bond donors (Lipinski definition) is 0. The van der Waals surface area contributed by atoms with E-state index in [1.807, 2.05) is 36.0 Å². The SMILES string of the molecule is Clc1nc(C2CCCCS2)nc(Cl)c1-c1ccc(Br)cc1. The molecule has 1 saturated heterocycles. The van der Waals surface area contributed by atoms with Gasteiger partial charge in [0.25, 0.3) is 0 Å². The first-order valence-electron chi connectivity index (χ1n) is 6.75. The third kappa shape index (κ3) is 3.55. The van der Waals surface area contributed by atoms with Crippen LogP contribution < -0.4 is 0 Å². The molecule has 1 unspecified atom stereocenters. The zero-order valence-corrected chi connectivity index (χ0v) is 15.1. The number of benzene rings is 1. The van der Waals surface area contributed by atoms with E-state index >= 15 is 0 Å². The van der Waals surface area contributed by atoms with Crippen molar-refractivity contribution in [3.63, 3.8) is 0 Å². The highest BCUT2D eigenvalue weighted by Crippen LogP contribution is 2.40. The second kappa shape index (κ2) is 6.86. The molecule has 3 rings (SSSR count). The van der Waals surface area contributed by atoms with Crippen LogP contribution in [0.2, 0.25) is 10.3 Å². The largest absolute Gasteiger partial charge is 0.219 e. The molecule has 1 aliphatic heterocycles. The van der Waals surface area contributed by atoms with Crippen LogP contribution in [0.15, 0.2) is 28.7 Å². The molecule has 1 atom stereocenters. The number of thioether (sulfide) groups is 1. The van der Waals surface area contributed by atoms with Gasteiger partial charge >= 0.3 is 0 Å². The molecule has 0 radical (unpaired) electrons. The molecule has 6 heteroatoms. The lowest BCUT2D eigenvalue weighted by Gasteiger charge is -2.20. The van der Waals surface area contributed by atoms with Gasteiger partial charge in [-0.1, -0.05) is 57.7 Å². The molecule has 2 heterocycles. The van der Waals surface area contributed by atoms with Crippen LogP contribution in [0.25, 0.3) is 11.1 Å². The first-order valence-corrected chi connectivity index (χ1v) is 9.35. The number of hydrogen-bond acceptors (Lipinski definition) is 3. The standard InChI is InChI=1S/C15H13BrCl2N2S/c16-10-6-4-9(5-7-10)12-13(17)19-15(20-14(12)18)11-3-1-2-8-21-11/h4-7,11H,1-3,8H2. The number of rotatable bonds is 2. The summed E-state index contributed by atoms with van der Waals surface area (Å²) in [6.45, 7) is 0. The molecule has 0 saturated carbocycles. The van der Waals surface area contributed by atoms with E-state index in [-0.39, 0.29) is 0 Å². The van der Waals surface area contributed by atoms with Gasteiger partial charge < -0.3 is 0 Å². The molecule has 2 aromatic rings. The molecule has 1 aromatic heterocycles. The molecule has 1 aromatic carbocycles. The van der Waals surface area contributed by atoms with E-state index < -0.39 is 0 Å². The Morgan fingerprint density at radius 2 is 1.71 bits per heavy atom. The van der Waals surface area contributed by atoms with Gasteiger partial charge in [0, 0.05) is 4.47 Å². The number of halogens is 3. The van der Waals surface area contributed by atoms with Crippen molar-refractivity contribution in [2.45, 2.75) is 24.5 Å². The van der Waals surface area contributed by atoms with Gasteiger partial charge in [-0.2, -0.15) is 11.8 Å². The highest BCUT2D eigenvalue weighted by atomic mass is 79.9. The van der Waals surface area contributed by atoms with E-state index in [0.29, 0.717) is 21.1 Å². The van der Waals surface area contributed by atoms with Crippen molar-refractivity contribution in [1.82, 2.24) is 9.97 Å². The second-order valence-electron chi connectivity index (χ2n) is 4.90. The van der Waals surface area contributed by atoms with Gasteiger partial charge in [-0.25, -0.2) is 9.97 Å². The molecule has 0 bridgehead atoms. The fraction of sp³-hybridized carbons (Fsp3) is 0.333. The van der Waals surface area contributed by atoms with Gasteiger partial charge in [0.2, 0.25) is 0 Å². The van der Waals surface area contributed by atoms with Crippen molar-refractivity contribution in [2.24, 2.45) is 0 Å². The summed E-state index contributed by atoms with van der Waals surface area (Å²) in [6, 6.07) is 7.81. The van der Waals surface area contributed by atoms with Gasteiger partial charge in [-0.15, -0.1) is 0 Å². The van der Waals surface area contributed by atoms with Gasteiger partial charge in [-0.3, -0.25) is 0 Å². The van der Waals surface area contributed by atoms with Gasteiger partial charge in [0.15, 0.2) is 0 Å². The summed E-state index contributed by atoms with van der Waals surface area (Å²) in [4.78, 5) is 8.99. The Kier molecular flexibility index (Phi) is 5.10. The van der Waals surface area contributed by atoms with Crippen molar-refractivity contribution < 1.29 is 0 Å². The number of nitrogens with zero attached hydrogens (tertiary/aromatic N) is 2. The van der Waals surface area contributed by atoms with Crippen molar-refractivity contribution in [1.29, 1.82) is 0 Å². The Bertz CT molecular complexity index is 620. The van der Waals surface area contributed by atoms with Crippen LogP contribution in [-0.2, 0) is 0 Å². The molecular weight excluding hydrogens is 391 g/mol. The van der Waals surface area contributed by atoms with Crippen molar-refractivity contribution in [2.75, 3.05) is 5.75 Å². The quantitative estimate of drug-likeness (QED) is 0.560. The lowest BCUT2D eigenvalue weighted by atomic mass is 10.1. The van der Waals surface area contributed by atoms with Crippen molar-refractivity contribution >= 4 is 50.9 Å². The predicted molar refractivity (Wildman–Crippen MR) is 94.2 cm³/mol. The summed E-state index contributed by atoms with van der Waals surface area (Å²) in [5.74, 6) is 1.91. The summed E-state index contributed by atoms with van der Waals surface area (Å²) in [7, 11) is 0. The first-order chi connectivity index (χ1) is 10.1. The monoisotopic (exact) mass is 402 g/mol. The Hall–Kier alpha value is -0.290. The molecule has 1 fully saturated rings. The molecule has 110 valence electrons. The van der Waals surface area contributed by atoms with E-state index in [0.717, 1.165) is 28.0 Å². The van der Waals surface area contributed by atoms with Gasteiger partial charge in [0.05, 0.1) is 10.8 Å². The Morgan fingerprint density at radius 3 is 2.29 bits per heavy atom. The summed E-state index contributed by atoms with van der Waals surface area (Å²) >= 11 is 18.1. The van der Waals surface area contributed by atoms with E-state index in [1.54, 1.807) is 0 Å². The van der Waals surface area contributed by atoms with Crippen molar-refractivity contribution in [3.05, 3.63) is 44.9 Å². The maximum atomic E-state index is 6.37. The van der Waals surface area contributed by atoms with E-state index in [2.05, 4.69) is 25.9 Å². The molecule has 0 N–H and O–H groups in total. The summed E-state index contributed by atoms with van der Waals surface area (Å²) in [6.07, 6.45) is 3.57. The predicted octanol–water partition coefficient (Wildman–Crippen LogP) is 6.17. The molecule has 0 spiro atoms.